The summed E-state index contributed by atoms with van der Waals surface area (Å²) in [6.45, 7) is 15.6. The number of aryl methyl sites for hydroxylation is 1. The summed E-state index contributed by atoms with van der Waals surface area (Å²) in [4.78, 5) is 13.1. The van der Waals surface area contributed by atoms with Crippen molar-refractivity contribution in [3.05, 3.63) is 11.8 Å². The van der Waals surface area contributed by atoms with Crippen molar-refractivity contribution in [1.29, 1.82) is 0 Å². The number of anilines is 2. The van der Waals surface area contributed by atoms with Gasteiger partial charge >= 0.3 is 0 Å². The van der Waals surface area contributed by atoms with Gasteiger partial charge in [-0.15, -0.1) is 0 Å². The minimum atomic E-state index is -0.818. The van der Waals surface area contributed by atoms with Crippen LogP contribution in [0.3, 0.4) is 0 Å². The second-order valence-electron chi connectivity index (χ2n) is 7.33. The summed E-state index contributed by atoms with van der Waals surface area (Å²) >= 11 is 0. The fourth-order valence-corrected chi connectivity index (χ4v) is 2.49. The number of rotatable bonds is 8. The van der Waals surface area contributed by atoms with Crippen LogP contribution in [-0.4, -0.2) is 57.6 Å². The van der Waals surface area contributed by atoms with E-state index >= 15 is 0 Å². The monoisotopic (exact) mass is 324 g/mol. The molecule has 1 heterocycles. The van der Waals surface area contributed by atoms with Gasteiger partial charge in [-0.1, -0.05) is 0 Å². The molecule has 0 bridgehead atoms. The van der Waals surface area contributed by atoms with Gasteiger partial charge in [0.15, 0.2) is 0 Å². The first kappa shape index (κ1) is 19.6. The Morgan fingerprint density at radius 2 is 1.43 bits per heavy atom. The molecule has 0 fully saturated rings. The summed E-state index contributed by atoms with van der Waals surface area (Å²) < 4.78 is 0. The summed E-state index contributed by atoms with van der Waals surface area (Å²) in [7, 11) is 0. The van der Waals surface area contributed by atoms with Crippen molar-refractivity contribution < 1.29 is 10.2 Å². The van der Waals surface area contributed by atoms with E-state index < -0.39 is 11.2 Å². The Morgan fingerprint density at radius 3 is 1.87 bits per heavy atom. The predicted molar refractivity (Wildman–Crippen MR) is 95.1 cm³/mol. The highest BCUT2D eigenvalue weighted by Crippen LogP contribution is 2.22. The first-order valence-electron chi connectivity index (χ1n) is 8.25. The molecule has 0 spiro atoms. The summed E-state index contributed by atoms with van der Waals surface area (Å²) in [5.41, 5.74) is -0.647. The van der Waals surface area contributed by atoms with Gasteiger partial charge in [-0.3, -0.25) is 0 Å². The molecule has 1 aromatic heterocycles. The lowest BCUT2D eigenvalue weighted by molar-refractivity contribution is 0.0871. The number of hydrogen-bond acceptors (Lipinski definition) is 6. The van der Waals surface area contributed by atoms with Crippen LogP contribution in [-0.2, 0) is 0 Å². The van der Waals surface area contributed by atoms with Crippen molar-refractivity contribution in [3.8, 4) is 0 Å². The van der Waals surface area contributed by atoms with Gasteiger partial charge in [0.1, 0.15) is 5.82 Å². The van der Waals surface area contributed by atoms with Gasteiger partial charge in [0.05, 0.1) is 11.2 Å². The highest BCUT2D eigenvalue weighted by Gasteiger charge is 2.23. The Kier molecular flexibility index (Phi) is 6.36. The van der Waals surface area contributed by atoms with Gasteiger partial charge in [0.2, 0.25) is 5.95 Å². The van der Waals surface area contributed by atoms with Crippen LogP contribution in [0.4, 0.5) is 11.8 Å². The van der Waals surface area contributed by atoms with Crippen molar-refractivity contribution in [2.45, 2.75) is 59.7 Å². The fourth-order valence-electron chi connectivity index (χ4n) is 2.49. The first-order valence-corrected chi connectivity index (χ1v) is 8.25. The molecule has 6 nitrogen and oxygen atoms in total. The predicted octanol–water partition coefficient (Wildman–Crippen LogP) is 1.98. The number of aromatic nitrogens is 2. The van der Waals surface area contributed by atoms with Crippen molar-refractivity contribution in [2.24, 2.45) is 0 Å². The third-order valence-corrected chi connectivity index (χ3v) is 3.43. The second kappa shape index (κ2) is 7.45. The molecular formula is C17H32N4O2. The molecule has 1 rings (SSSR count). The van der Waals surface area contributed by atoms with Crippen molar-refractivity contribution in [1.82, 2.24) is 9.97 Å². The summed E-state index contributed by atoms with van der Waals surface area (Å²) in [5, 5.41) is 20.2. The Balaban J connectivity index is 3.15. The molecule has 0 aromatic carbocycles. The molecule has 0 radical (unpaired) electrons. The highest BCUT2D eigenvalue weighted by molar-refractivity contribution is 5.50. The summed E-state index contributed by atoms with van der Waals surface area (Å²) in [6, 6.07) is 0. The van der Waals surface area contributed by atoms with Crippen LogP contribution in [0.5, 0.6) is 0 Å². The Labute approximate surface area is 140 Å². The average molecular weight is 324 g/mol. The lowest BCUT2D eigenvalue weighted by atomic mass is 10.1. The molecule has 1 aromatic rings. The van der Waals surface area contributed by atoms with Gasteiger partial charge in [0.25, 0.3) is 0 Å². The first-order chi connectivity index (χ1) is 10.5. The number of hydrogen-bond donors (Lipinski definition) is 2. The maximum absolute atomic E-state index is 10.1. The lowest BCUT2D eigenvalue weighted by Gasteiger charge is -2.32. The third-order valence-electron chi connectivity index (χ3n) is 3.43. The molecule has 6 heteroatoms. The quantitative estimate of drug-likeness (QED) is 0.762. The molecule has 0 amide bonds. The lowest BCUT2D eigenvalue weighted by Crippen LogP contribution is -2.41. The zero-order valence-electron chi connectivity index (χ0n) is 15.6. The van der Waals surface area contributed by atoms with Crippen LogP contribution in [0.25, 0.3) is 0 Å². The van der Waals surface area contributed by atoms with E-state index in [0.29, 0.717) is 25.6 Å². The highest BCUT2D eigenvalue weighted by atomic mass is 16.3. The van der Waals surface area contributed by atoms with Gasteiger partial charge in [0, 0.05) is 37.9 Å². The topological polar surface area (TPSA) is 72.7 Å². The number of aliphatic hydroxyl groups is 2. The Morgan fingerprint density at radius 1 is 0.957 bits per heavy atom. The summed E-state index contributed by atoms with van der Waals surface area (Å²) in [6.07, 6.45) is 1.80. The minimum Gasteiger partial charge on any atom is -0.389 e. The van der Waals surface area contributed by atoms with E-state index in [1.54, 1.807) is 33.9 Å². The van der Waals surface area contributed by atoms with Gasteiger partial charge in [-0.2, -0.15) is 4.98 Å². The van der Waals surface area contributed by atoms with Crippen molar-refractivity contribution in [3.63, 3.8) is 0 Å². The standard InChI is InChI=1S/C17H32N4O2/c1-8-20(11-16(4,5)22)14-13(3)10-18-15(19-14)21(9-2)12-17(6,7)23/h10,22-23H,8-9,11-12H2,1-7H3. The molecule has 23 heavy (non-hydrogen) atoms. The van der Waals surface area contributed by atoms with E-state index in [4.69, 9.17) is 4.98 Å². The normalized spacial score (nSPS) is 12.4. The van der Waals surface area contributed by atoms with Crippen molar-refractivity contribution >= 4 is 11.8 Å². The molecule has 0 aliphatic carbocycles. The van der Waals surface area contributed by atoms with E-state index in [1.165, 1.54) is 0 Å². The van der Waals surface area contributed by atoms with Gasteiger partial charge in [-0.25, -0.2) is 4.98 Å². The minimum absolute atomic E-state index is 0.462. The van der Waals surface area contributed by atoms with Crippen LogP contribution in [0.1, 0.15) is 47.1 Å². The molecule has 0 unspecified atom stereocenters. The van der Waals surface area contributed by atoms with E-state index in [0.717, 1.165) is 17.9 Å². The molecule has 2 N–H and O–H groups in total. The fraction of sp³-hybridized carbons (Fsp3) is 0.765. The van der Waals surface area contributed by atoms with E-state index in [2.05, 4.69) is 9.88 Å². The molecule has 0 aliphatic heterocycles. The molecule has 0 saturated heterocycles. The smallest absolute Gasteiger partial charge is 0.227 e. The van der Waals surface area contributed by atoms with Gasteiger partial charge < -0.3 is 20.0 Å². The number of nitrogens with zero attached hydrogens (tertiary/aromatic N) is 4. The number of likely N-dealkylation sites (N-methyl/N-ethyl adjacent to an activating group) is 2. The van der Waals surface area contributed by atoms with Crippen LogP contribution < -0.4 is 9.80 Å². The molecular weight excluding hydrogens is 292 g/mol. The van der Waals surface area contributed by atoms with E-state index in [-0.39, 0.29) is 0 Å². The Bertz CT molecular complexity index is 506. The van der Waals surface area contributed by atoms with Crippen molar-refractivity contribution in [2.75, 3.05) is 36.0 Å². The molecule has 132 valence electrons. The zero-order chi connectivity index (χ0) is 17.8. The molecule has 0 saturated carbocycles. The van der Waals surface area contributed by atoms with Crippen LogP contribution >= 0.6 is 0 Å². The van der Waals surface area contributed by atoms with E-state index in [9.17, 15) is 10.2 Å². The maximum Gasteiger partial charge on any atom is 0.227 e. The largest absolute Gasteiger partial charge is 0.389 e. The average Bonchev–Trinajstić information content (AvgIpc) is 2.41. The maximum atomic E-state index is 10.1. The molecule has 0 aliphatic rings. The second-order valence-corrected chi connectivity index (χ2v) is 7.33. The van der Waals surface area contributed by atoms with Crippen LogP contribution in [0, 0.1) is 6.92 Å². The van der Waals surface area contributed by atoms with Crippen LogP contribution in [0.2, 0.25) is 0 Å². The molecule has 0 atom stereocenters. The Hall–Kier alpha value is -1.40. The zero-order valence-corrected chi connectivity index (χ0v) is 15.6. The van der Waals surface area contributed by atoms with Gasteiger partial charge in [-0.05, 0) is 48.5 Å². The van der Waals surface area contributed by atoms with Crippen LogP contribution in [0.15, 0.2) is 6.20 Å². The SMILES string of the molecule is CCN(CC(C)(C)O)c1ncc(C)c(N(CC)CC(C)(C)O)n1. The summed E-state index contributed by atoms with van der Waals surface area (Å²) in [5.74, 6) is 1.43. The van der Waals surface area contributed by atoms with E-state index in [1.807, 2.05) is 25.7 Å². The third kappa shape index (κ3) is 6.31.